The number of nitrogen functional groups attached to an aromatic ring is 1. The number of carbonyl (C=O) groups excluding carboxylic acids is 1. The average molecular weight is 339 g/mol. The fraction of sp³-hybridized carbons (Fsp3) is 0.400. The Bertz CT molecular complexity index is 680. The van der Waals surface area contributed by atoms with E-state index in [1.165, 1.54) is 7.11 Å². The Balaban J connectivity index is 2.23. The van der Waals surface area contributed by atoms with E-state index < -0.39 is 5.97 Å². The number of ether oxygens (including phenoxy) is 2. The van der Waals surface area contributed by atoms with Gasteiger partial charge >= 0.3 is 5.97 Å². The van der Waals surface area contributed by atoms with Crippen LogP contribution in [0.4, 0.5) is 11.5 Å². The molecule has 2 rings (SSSR count). The maximum atomic E-state index is 11.7. The van der Waals surface area contributed by atoms with E-state index in [2.05, 4.69) is 14.7 Å². The van der Waals surface area contributed by atoms with E-state index in [-0.39, 0.29) is 28.7 Å². The second-order valence-corrected chi connectivity index (χ2v) is 6.24. The number of methoxy groups -OCH3 is 1. The summed E-state index contributed by atoms with van der Waals surface area (Å²) in [4.78, 5) is 22.0. The zero-order valence-electron chi connectivity index (χ0n) is 13.5. The Kier molecular flexibility index (Phi) is 4.79. The number of nitrogens with zero attached hydrogens (tertiary/aromatic N) is 3. The molecule has 1 aliphatic rings. The third-order valence-electron chi connectivity index (χ3n) is 2.83. The predicted molar refractivity (Wildman–Crippen MR) is 89.8 cm³/mol. The second-order valence-electron chi connectivity index (χ2n) is 5.86. The van der Waals surface area contributed by atoms with Crippen molar-refractivity contribution < 1.29 is 14.3 Å². The van der Waals surface area contributed by atoms with Gasteiger partial charge in [-0.2, -0.15) is 0 Å². The van der Waals surface area contributed by atoms with Crippen LogP contribution in [-0.2, 0) is 9.47 Å². The van der Waals surface area contributed by atoms with Gasteiger partial charge in [-0.05, 0) is 20.8 Å². The van der Waals surface area contributed by atoms with E-state index in [1.807, 2.05) is 20.8 Å². The molecule has 7 nitrogen and oxygen atoms in total. The fourth-order valence-electron chi connectivity index (χ4n) is 1.84. The molecule has 1 aromatic rings. The molecular weight excluding hydrogens is 320 g/mol. The summed E-state index contributed by atoms with van der Waals surface area (Å²) < 4.78 is 10.3. The van der Waals surface area contributed by atoms with Crippen LogP contribution in [0.5, 0.6) is 0 Å². The lowest BCUT2D eigenvalue weighted by Gasteiger charge is -2.26. The number of anilines is 2. The molecule has 0 aliphatic carbocycles. The van der Waals surface area contributed by atoms with Gasteiger partial charge in [0, 0.05) is 18.3 Å². The lowest BCUT2D eigenvalue weighted by molar-refractivity contribution is 0.0594. The van der Waals surface area contributed by atoms with Gasteiger partial charge in [0.25, 0.3) is 0 Å². The quantitative estimate of drug-likeness (QED) is 0.833. The standard InChI is InChI=1S/C15H19ClN4O3/c1-15(2,3)23-11-5-6-20(8-18-11)10-7-9(17)12(16)13(19-10)14(21)22-4/h5-7H,8H2,1-4H3,(H2,17,19). The van der Waals surface area contributed by atoms with Crippen LogP contribution >= 0.6 is 11.6 Å². The molecule has 0 atom stereocenters. The summed E-state index contributed by atoms with van der Waals surface area (Å²) in [5, 5.41) is 0.0712. The van der Waals surface area contributed by atoms with Crippen LogP contribution in [0.3, 0.4) is 0 Å². The van der Waals surface area contributed by atoms with Crippen LogP contribution in [0.1, 0.15) is 31.3 Å². The Morgan fingerprint density at radius 2 is 2.13 bits per heavy atom. The van der Waals surface area contributed by atoms with Gasteiger partial charge in [-0.25, -0.2) is 14.8 Å². The highest BCUT2D eigenvalue weighted by Gasteiger charge is 2.21. The first-order valence-electron chi connectivity index (χ1n) is 6.94. The third-order valence-corrected chi connectivity index (χ3v) is 3.23. The van der Waals surface area contributed by atoms with E-state index in [0.29, 0.717) is 11.7 Å². The van der Waals surface area contributed by atoms with Gasteiger partial charge in [-0.3, -0.25) is 0 Å². The van der Waals surface area contributed by atoms with Crippen molar-refractivity contribution in [3.63, 3.8) is 0 Å². The van der Waals surface area contributed by atoms with E-state index >= 15 is 0 Å². The molecule has 0 spiro atoms. The molecule has 0 saturated carbocycles. The van der Waals surface area contributed by atoms with Crippen molar-refractivity contribution >= 4 is 35.0 Å². The topological polar surface area (TPSA) is 90.0 Å². The van der Waals surface area contributed by atoms with Gasteiger partial charge in [0.2, 0.25) is 5.90 Å². The molecule has 0 unspecified atom stereocenters. The summed E-state index contributed by atoms with van der Waals surface area (Å²) in [6, 6.07) is 1.57. The molecule has 0 bridgehead atoms. The molecule has 1 aromatic heterocycles. The number of hydrogen-bond donors (Lipinski definition) is 1. The number of halogens is 1. The lowest BCUT2D eigenvalue weighted by atomic mass is 10.2. The summed E-state index contributed by atoms with van der Waals surface area (Å²) in [6.45, 7) is 6.12. The number of hydrogen-bond acceptors (Lipinski definition) is 7. The van der Waals surface area contributed by atoms with Gasteiger partial charge in [0.1, 0.15) is 18.1 Å². The second kappa shape index (κ2) is 6.45. The molecule has 0 aromatic carbocycles. The molecule has 8 heteroatoms. The van der Waals surface area contributed by atoms with Crippen molar-refractivity contribution in [3.05, 3.63) is 29.1 Å². The first-order chi connectivity index (χ1) is 10.7. The molecule has 2 N–H and O–H groups in total. The minimum Gasteiger partial charge on any atom is -0.472 e. The summed E-state index contributed by atoms with van der Waals surface area (Å²) in [7, 11) is 1.25. The van der Waals surface area contributed by atoms with Crippen molar-refractivity contribution in [1.29, 1.82) is 0 Å². The van der Waals surface area contributed by atoms with E-state index in [1.54, 1.807) is 23.2 Å². The first kappa shape index (κ1) is 17.1. The van der Waals surface area contributed by atoms with E-state index in [9.17, 15) is 4.79 Å². The summed E-state index contributed by atoms with van der Waals surface area (Å²) in [5.41, 5.74) is 5.73. The Morgan fingerprint density at radius 3 is 2.65 bits per heavy atom. The fourth-order valence-corrected chi connectivity index (χ4v) is 2.02. The highest BCUT2D eigenvalue weighted by atomic mass is 35.5. The highest BCUT2D eigenvalue weighted by Crippen LogP contribution is 2.28. The van der Waals surface area contributed by atoms with Crippen molar-refractivity contribution in [1.82, 2.24) is 4.98 Å². The van der Waals surface area contributed by atoms with Crippen LogP contribution in [0.25, 0.3) is 0 Å². The Morgan fingerprint density at radius 1 is 1.43 bits per heavy atom. The molecule has 0 fully saturated rings. The number of carbonyl (C=O) groups is 1. The monoisotopic (exact) mass is 338 g/mol. The SMILES string of the molecule is COC(=O)c1nc(N2C=CC(OC(C)(C)C)=NC2)cc(N)c1Cl. The minimum absolute atomic E-state index is 0.0294. The molecule has 0 amide bonds. The normalized spacial score (nSPS) is 14.5. The van der Waals surface area contributed by atoms with Gasteiger partial charge in [0.15, 0.2) is 5.69 Å². The van der Waals surface area contributed by atoms with Crippen LogP contribution in [0.2, 0.25) is 5.02 Å². The molecule has 124 valence electrons. The molecular formula is C15H19ClN4O3. The maximum Gasteiger partial charge on any atom is 0.358 e. The molecule has 23 heavy (non-hydrogen) atoms. The number of esters is 1. The van der Waals surface area contributed by atoms with E-state index in [4.69, 9.17) is 22.1 Å². The lowest BCUT2D eigenvalue weighted by Crippen LogP contribution is -2.28. The average Bonchev–Trinajstić information content (AvgIpc) is 2.48. The van der Waals surface area contributed by atoms with Crippen molar-refractivity contribution in [2.75, 3.05) is 24.4 Å². The molecule has 1 aliphatic heterocycles. The summed E-state index contributed by atoms with van der Waals surface area (Å²) in [6.07, 6.45) is 3.48. The van der Waals surface area contributed by atoms with Gasteiger partial charge in [0.05, 0.1) is 17.8 Å². The van der Waals surface area contributed by atoms with Crippen molar-refractivity contribution in [3.8, 4) is 0 Å². The van der Waals surface area contributed by atoms with Crippen molar-refractivity contribution in [2.45, 2.75) is 26.4 Å². The van der Waals surface area contributed by atoms with Crippen molar-refractivity contribution in [2.24, 2.45) is 4.99 Å². The zero-order chi connectivity index (χ0) is 17.2. The largest absolute Gasteiger partial charge is 0.472 e. The van der Waals surface area contributed by atoms with Crippen LogP contribution < -0.4 is 10.6 Å². The number of nitrogens with two attached hydrogens (primary N) is 1. The molecule has 2 heterocycles. The summed E-state index contributed by atoms with van der Waals surface area (Å²) >= 11 is 6.00. The number of aliphatic imine (C=N–C) groups is 1. The Hall–Kier alpha value is -2.28. The third kappa shape index (κ3) is 4.13. The van der Waals surface area contributed by atoms with Crippen LogP contribution in [0, 0.1) is 0 Å². The van der Waals surface area contributed by atoms with Crippen LogP contribution in [0.15, 0.2) is 23.3 Å². The zero-order valence-corrected chi connectivity index (χ0v) is 14.2. The summed E-state index contributed by atoms with van der Waals surface area (Å²) in [5.74, 6) is 0.329. The van der Waals surface area contributed by atoms with Crippen LogP contribution in [-0.4, -0.2) is 36.2 Å². The number of aromatic nitrogens is 1. The minimum atomic E-state index is -0.648. The Labute approximate surface area is 139 Å². The predicted octanol–water partition coefficient (Wildman–Crippen LogP) is 2.61. The molecule has 0 saturated heterocycles. The first-order valence-corrected chi connectivity index (χ1v) is 7.31. The van der Waals surface area contributed by atoms with Gasteiger partial charge < -0.3 is 20.1 Å². The smallest absolute Gasteiger partial charge is 0.358 e. The highest BCUT2D eigenvalue weighted by molar-refractivity contribution is 6.35. The number of rotatable bonds is 2. The van der Waals surface area contributed by atoms with Gasteiger partial charge in [-0.1, -0.05) is 11.6 Å². The molecule has 0 radical (unpaired) electrons. The van der Waals surface area contributed by atoms with Gasteiger partial charge in [-0.15, -0.1) is 0 Å². The maximum absolute atomic E-state index is 11.7. The van der Waals surface area contributed by atoms with E-state index in [0.717, 1.165) is 0 Å². The number of pyridine rings is 1.